The van der Waals surface area contributed by atoms with E-state index in [4.69, 9.17) is 21.1 Å². The minimum atomic E-state index is -1.08. The predicted octanol–water partition coefficient (Wildman–Crippen LogP) is 4.93. The van der Waals surface area contributed by atoms with Crippen LogP contribution in [-0.4, -0.2) is 36.7 Å². The van der Waals surface area contributed by atoms with Crippen LogP contribution in [0, 0.1) is 5.92 Å². The molecule has 0 aliphatic carbocycles. The lowest BCUT2D eigenvalue weighted by Gasteiger charge is -2.28. The van der Waals surface area contributed by atoms with E-state index in [9.17, 15) is 14.7 Å². The van der Waals surface area contributed by atoms with Crippen LogP contribution in [0.15, 0.2) is 54.6 Å². The second-order valence-corrected chi connectivity index (χ2v) is 7.94. The highest BCUT2D eigenvalue weighted by Gasteiger charge is 2.25. The molecule has 0 fully saturated rings. The summed E-state index contributed by atoms with van der Waals surface area (Å²) in [6, 6.07) is 12.2. The minimum Gasteiger partial charge on any atom is -0.493 e. The summed E-state index contributed by atoms with van der Waals surface area (Å²) in [4.78, 5) is 26.3. The van der Waals surface area contributed by atoms with Crippen LogP contribution in [0.1, 0.15) is 44.9 Å². The Bertz CT molecular complexity index is 957. The Morgan fingerprint density at radius 1 is 1.06 bits per heavy atom. The second-order valence-electron chi connectivity index (χ2n) is 7.50. The summed E-state index contributed by atoms with van der Waals surface area (Å²) in [5, 5.41) is 11.7. The largest absolute Gasteiger partial charge is 0.493 e. The first-order valence-electron chi connectivity index (χ1n) is 10.6. The van der Waals surface area contributed by atoms with E-state index >= 15 is 0 Å². The van der Waals surface area contributed by atoms with E-state index in [1.807, 2.05) is 32.9 Å². The van der Waals surface area contributed by atoms with Crippen molar-refractivity contribution in [1.82, 2.24) is 0 Å². The summed E-state index contributed by atoms with van der Waals surface area (Å²) in [5.74, 6) is -0.309. The summed E-state index contributed by atoms with van der Waals surface area (Å²) in [5.41, 5.74) is 1.53. The first-order chi connectivity index (χ1) is 15.3. The molecule has 2 aromatic rings. The molecule has 172 valence electrons. The highest BCUT2D eigenvalue weighted by Crippen LogP contribution is 2.37. The minimum absolute atomic E-state index is 0.131. The summed E-state index contributed by atoms with van der Waals surface area (Å²) in [6.07, 6.45) is 1.21. The molecular weight excluding hydrogens is 430 g/mol. The highest BCUT2D eigenvalue weighted by molar-refractivity contribution is 6.30. The van der Waals surface area contributed by atoms with E-state index in [2.05, 4.69) is 0 Å². The zero-order valence-corrected chi connectivity index (χ0v) is 19.6. The number of benzene rings is 2. The van der Waals surface area contributed by atoms with Gasteiger partial charge in [0, 0.05) is 34.8 Å². The standard InChI is InChI=1S/C25H30ClNO5/c1-5-31-22-10-8-7-9-19(22)25(30)20-15-18(26)11-12-21(20)27(16-17(3)4)23(28)13-14-24(29)32-6-2/h7-15,17,25,30H,5-6,16H2,1-4H3. The number of nitrogens with zero attached hydrogens (tertiary/aromatic N) is 1. The zero-order valence-electron chi connectivity index (χ0n) is 18.9. The Morgan fingerprint density at radius 3 is 2.44 bits per heavy atom. The van der Waals surface area contributed by atoms with Gasteiger partial charge in [0.15, 0.2) is 0 Å². The molecule has 6 nitrogen and oxygen atoms in total. The number of anilines is 1. The maximum Gasteiger partial charge on any atom is 0.330 e. The number of carbonyl (C=O) groups excluding carboxylic acids is 2. The molecule has 2 rings (SSSR count). The van der Waals surface area contributed by atoms with Gasteiger partial charge in [-0.2, -0.15) is 0 Å². The van der Waals surface area contributed by atoms with Crippen molar-refractivity contribution >= 4 is 29.2 Å². The van der Waals surface area contributed by atoms with Gasteiger partial charge in [0.25, 0.3) is 5.91 Å². The van der Waals surface area contributed by atoms with Gasteiger partial charge in [0.05, 0.1) is 18.9 Å². The molecule has 2 aromatic carbocycles. The molecular formula is C25H30ClNO5. The third kappa shape index (κ3) is 6.84. The SMILES string of the molecule is CCOC(=O)C=CC(=O)N(CC(C)C)c1ccc(Cl)cc1C(O)c1ccccc1OCC. The first-order valence-corrected chi connectivity index (χ1v) is 11.0. The summed E-state index contributed by atoms with van der Waals surface area (Å²) >= 11 is 6.26. The number of hydrogen-bond donors (Lipinski definition) is 1. The topological polar surface area (TPSA) is 76.1 Å². The lowest BCUT2D eigenvalue weighted by molar-refractivity contribution is -0.137. The van der Waals surface area contributed by atoms with Gasteiger partial charge in [-0.25, -0.2) is 4.79 Å². The van der Waals surface area contributed by atoms with Crippen molar-refractivity contribution in [3.8, 4) is 5.75 Å². The Morgan fingerprint density at radius 2 is 1.78 bits per heavy atom. The molecule has 0 saturated heterocycles. The number of aliphatic hydroxyl groups excluding tert-OH is 1. The third-order valence-electron chi connectivity index (χ3n) is 4.55. The molecule has 0 saturated carbocycles. The van der Waals surface area contributed by atoms with Crippen LogP contribution < -0.4 is 9.64 Å². The summed E-state index contributed by atoms with van der Waals surface area (Å²) in [6.45, 7) is 8.56. The van der Waals surface area contributed by atoms with Crippen LogP contribution >= 0.6 is 11.6 Å². The van der Waals surface area contributed by atoms with Crippen LogP contribution in [0.2, 0.25) is 5.02 Å². The van der Waals surface area contributed by atoms with Gasteiger partial charge in [0.2, 0.25) is 0 Å². The molecule has 0 heterocycles. The summed E-state index contributed by atoms with van der Waals surface area (Å²) < 4.78 is 10.5. The van der Waals surface area contributed by atoms with Crippen molar-refractivity contribution in [2.45, 2.75) is 33.8 Å². The van der Waals surface area contributed by atoms with Crippen LogP contribution in [0.3, 0.4) is 0 Å². The number of halogens is 1. The zero-order chi connectivity index (χ0) is 23.7. The van der Waals surface area contributed by atoms with Gasteiger partial charge in [-0.3, -0.25) is 4.79 Å². The van der Waals surface area contributed by atoms with E-state index in [0.29, 0.717) is 40.7 Å². The molecule has 0 bridgehead atoms. The second kappa shape index (κ2) is 12.3. The van der Waals surface area contributed by atoms with Crippen LogP contribution in [-0.2, 0) is 14.3 Å². The van der Waals surface area contributed by atoms with E-state index in [1.165, 1.54) is 11.0 Å². The van der Waals surface area contributed by atoms with Crippen molar-refractivity contribution in [2.24, 2.45) is 5.92 Å². The number of hydrogen-bond acceptors (Lipinski definition) is 5. The molecule has 0 aliphatic heterocycles. The van der Waals surface area contributed by atoms with Crippen molar-refractivity contribution in [2.75, 3.05) is 24.7 Å². The number of aliphatic hydroxyl groups is 1. The van der Waals surface area contributed by atoms with Gasteiger partial charge in [-0.1, -0.05) is 43.6 Å². The fourth-order valence-electron chi connectivity index (χ4n) is 3.24. The number of ether oxygens (including phenoxy) is 2. The molecule has 0 spiro atoms. The van der Waals surface area contributed by atoms with Gasteiger partial charge in [-0.15, -0.1) is 0 Å². The van der Waals surface area contributed by atoms with E-state index in [1.54, 1.807) is 37.3 Å². The Balaban J connectivity index is 2.52. The van der Waals surface area contributed by atoms with Crippen molar-refractivity contribution in [3.63, 3.8) is 0 Å². The molecule has 1 atom stereocenters. The number of rotatable bonds is 10. The fraction of sp³-hybridized carbons (Fsp3) is 0.360. The quantitative estimate of drug-likeness (QED) is 0.402. The molecule has 1 amide bonds. The van der Waals surface area contributed by atoms with Crippen molar-refractivity contribution in [3.05, 3.63) is 70.8 Å². The van der Waals surface area contributed by atoms with Gasteiger partial charge in [0.1, 0.15) is 11.9 Å². The molecule has 1 N–H and O–H groups in total. The van der Waals surface area contributed by atoms with E-state index < -0.39 is 18.0 Å². The van der Waals surface area contributed by atoms with Gasteiger partial charge < -0.3 is 19.5 Å². The van der Waals surface area contributed by atoms with Crippen molar-refractivity contribution < 1.29 is 24.2 Å². The van der Waals surface area contributed by atoms with E-state index in [-0.39, 0.29) is 12.5 Å². The molecule has 0 radical (unpaired) electrons. The number of amides is 1. The van der Waals surface area contributed by atoms with Crippen LogP contribution in [0.5, 0.6) is 5.75 Å². The third-order valence-corrected chi connectivity index (χ3v) is 4.79. The number of carbonyl (C=O) groups is 2. The van der Waals surface area contributed by atoms with E-state index in [0.717, 1.165) is 6.08 Å². The predicted molar refractivity (Wildman–Crippen MR) is 126 cm³/mol. The Labute approximate surface area is 194 Å². The van der Waals surface area contributed by atoms with Crippen molar-refractivity contribution in [1.29, 1.82) is 0 Å². The number of esters is 1. The monoisotopic (exact) mass is 459 g/mol. The fourth-order valence-corrected chi connectivity index (χ4v) is 3.42. The Kier molecular flexibility index (Phi) is 9.75. The average Bonchev–Trinajstić information content (AvgIpc) is 2.76. The first kappa shape index (κ1) is 25.4. The maximum atomic E-state index is 13.0. The van der Waals surface area contributed by atoms with Gasteiger partial charge in [-0.05, 0) is 44.0 Å². The normalized spacial score (nSPS) is 12.1. The van der Waals surface area contributed by atoms with Crippen LogP contribution in [0.4, 0.5) is 5.69 Å². The molecule has 32 heavy (non-hydrogen) atoms. The average molecular weight is 460 g/mol. The van der Waals surface area contributed by atoms with Crippen LogP contribution in [0.25, 0.3) is 0 Å². The molecule has 0 aromatic heterocycles. The van der Waals surface area contributed by atoms with Gasteiger partial charge >= 0.3 is 5.97 Å². The number of para-hydroxylation sites is 1. The molecule has 7 heteroatoms. The highest BCUT2D eigenvalue weighted by atomic mass is 35.5. The lowest BCUT2D eigenvalue weighted by Crippen LogP contribution is -2.34. The Hall–Kier alpha value is -2.83. The maximum absolute atomic E-state index is 13.0. The smallest absolute Gasteiger partial charge is 0.330 e. The molecule has 0 aliphatic rings. The lowest BCUT2D eigenvalue weighted by atomic mass is 9.97. The molecule has 1 unspecified atom stereocenters. The summed E-state index contributed by atoms with van der Waals surface area (Å²) in [7, 11) is 0.